The van der Waals surface area contributed by atoms with Crippen molar-refractivity contribution >= 4 is 29.2 Å². The largest absolute Gasteiger partial charge is 0.450 e. The Balaban J connectivity index is 1.33. The molecule has 1 saturated carbocycles. The number of nitrogens with two attached hydrogens (primary N) is 2. The van der Waals surface area contributed by atoms with Gasteiger partial charge in [0.2, 0.25) is 0 Å². The molecule has 0 spiro atoms. The number of fused-ring (bicyclic) bond motifs is 2. The maximum atomic E-state index is 12.8. The molecule has 2 aliphatic rings. The van der Waals surface area contributed by atoms with Crippen LogP contribution in [-0.2, 0) is 0 Å². The predicted molar refractivity (Wildman–Crippen MR) is 139 cm³/mol. The Hall–Kier alpha value is -2.72. The molecule has 0 radical (unpaired) electrons. The Morgan fingerprint density at radius 3 is 2.85 bits per heavy atom. The molecule has 2 aromatic rings. The summed E-state index contributed by atoms with van der Waals surface area (Å²) in [6, 6.07) is 6.30. The Morgan fingerprint density at radius 1 is 1.32 bits per heavy atom. The third-order valence-electron chi connectivity index (χ3n) is 6.67. The third kappa shape index (κ3) is 5.85. The van der Waals surface area contributed by atoms with Crippen molar-refractivity contribution < 1.29 is 4.74 Å². The van der Waals surface area contributed by atoms with Crippen LogP contribution in [0.1, 0.15) is 55.9 Å². The van der Waals surface area contributed by atoms with Crippen LogP contribution < -0.4 is 32.5 Å². The molecule has 0 bridgehead atoms. The van der Waals surface area contributed by atoms with Crippen molar-refractivity contribution in [3.05, 3.63) is 40.4 Å². The lowest BCUT2D eigenvalue weighted by molar-refractivity contribution is 0.261. The fraction of sp³-hybridized carbons (Fsp3) is 0.542. The number of nitrogens with zero attached hydrogens (tertiary/aromatic N) is 3. The molecule has 6 N–H and O–H groups in total. The SMILES string of the molecule is CSC(C)c1ccc2c(c1)Nc1nc(=O)n(C3CCC(CNCCCN=C(N)N)CC3)cc1O2. The van der Waals surface area contributed by atoms with Gasteiger partial charge in [0.15, 0.2) is 23.3 Å². The van der Waals surface area contributed by atoms with E-state index in [1.54, 1.807) is 16.3 Å². The van der Waals surface area contributed by atoms with Crippen molar-refractivity contribution in [3.8, 4) is 11.5 Å². The van der Waals surface area contributed by atoms with Crippen molar-refractivity contribution in [2.24, 2.45) is 22.4 Å². The Kier molecular flexibility index (Phi) is 7.99. The number of hydrogen-bond donors (Lipinski definition) is 4. The molecular weight excluding hydrogens is 450 g/mol. The summed E-state index contributed by atoms with van der Waals surface area (Å²) < 4.78 is 7.89. The molecule has 1 fully saturated rings. The van der Waals surface area contributed by atoms with Gasteiger partial charge in [-0.2, -0.15) is 16.7 Å². The average molecular weight is 486 g/mol. The van der Waals surface area contributed by atoms with Gasteiger partial charge in [0, 0.05) is 17.8 Å². The Labute approximate surface area is 204 Å². The fourth-order valence-electron chi connectivity index (χ4n) is 4.59. The summed E-state index contributed by atoms with van der Waals surface area (Å²) in [5.41, 5.74) is 12.5. The second kappa shape index (κ2) is 11.1. The van der Waals surface area contributed by atoms with Crippen LogP contribution in [0, 0.1) is 5.92 Å². The minimum Gasteiger partial charge on any atom is -0.450 e. The Morgan fingerprint density at radius 2 is 2.12 bits per heavy atom. The highest BCUT2D eigenvalue weighted by Crippen LogP contribution is 2.43. The minimum absolute atomic E-state index is 0.144. The molecule has 1 atom stereocenters. The number of nitrogens with one attached hydrogen (secondary N) is 2. The number of guanidine groups is 1. The van der Waals surface area contributed by atoms with E-state index < -0.39 is 0 Å². The monoisotopic (exact) mass is 485 g/mol. The van der Waals surface area contributed by atoms with Gasteiger partial charge >= 0.3 is 5.69 Å². The molecule has 2 heterocycles. The number of aliphatic imine (C=N–C) groups is 1. The molecule has 1 aliphatic heterocycles. The van der Waals surface area contributed by atoms with Gasteiger partial charge in [-0.3, -0.25) is 9.56 Å². The highest BCUT2D eigenvalue weighted by Gasteiger charge is 2.26. The fourth-order valence-corrected chi connectivity index (χ4v) is 5.01. The Bertz CT molecular complexity index is 1080. The van der Waals surface area contributed by atoms with Crippen LogP contribution >= 0.6 is 11.8 Å². The predicted octanol–water partition coefficient (Wildman–Crippen LogP) is 3.50. The molecule has 1 aliphatic carbocycles. The number of hydrogen-bond acceptors (Lipinski definition) is 7. The maximum absolute atomic E-state index is 12.8. The van der Waals surface area contributed by atoms with Gasteiger partial charge in [0.25, 0.3) is 0 Å². The second-order valence-corrected chi connectivity index (χ2v) is 10.2. The summed E-state index contributed by atoms with van der Waals surface area (Å²) in [6.07, 6.45) is 8.90. The lowest BCUT2D eigenvalue weighted by atomic mass is 9.86. The molecule has 1 unspecified atom stereocenters. The smallest absolute Gasteiger partial charge is 0.350 e. The van der Waals surface area contributed by atoms with E-state index in [0.717, 1.165) is 56.6 Å². The first kappa shape index (κ1) is 24.4. The van der Waals surface area contributed by atoms with Gasteiger partial charge in [-0.15, -0.1) is 0 Å². The van der Waals surface area contributed by atoms with E-state index in [2.05, 4.69) is 45.9 Å². The summed E-state index contributed by atoms with van der Waals surface area (Å²) in [5.74, 6) is 2.60. The first-order valence-corrected chi connectivity index (χ1v) is 13.2. The number of rotatable bonds is 9. The van der Waals surface area contributed by atoms with E-state index in [1.807, 2.05) is 12.3 Å². The number of ether oxygens (including phenoxy) is 1. The quantitative estimate of drug-likeness (QED) is 0.206. The standard InChI is InChI=1S/C24H35N7O2S/c1-15(34-2)17-6-9-20-19(12-17)29-22-21(33-20)14-31(24(32)30-22)18-7-4-16(5-8-18)13-27-10-3-11-28-23(25)26/h6,9,12,14-16,18,27H,3-5,7-8,10-11,13H2,1-2H3,(H4,25,26,28)(H,29,30,32). The molecule has 10 heteroatoms. The van der Waals surface area contributed by atoms with Gasteiger partial charge in [-0.05, 0) is 82.0 Å². The zero-order chi connectivity index (χ0) is 24.1. The molecule has 0 amide bonds. The van der Waals surface area contributed by atoms with E-state index in [1.165, 1.54) is 5.56 Å². The topological polar surface area (TPSA) is 133 Å². The van der Waals surface area contributed by atoms with Gasteiger partial charge in [0.1, 0.15) is 0 Å². The zero-order valence-corrected chi connectivity index (χ0v) is 20.7. The van der Waals surface area contributed by atoms with Gasteiger partial charge in [-0.25, -0.2) is 4.79 Å². The third-order valence-corrected chi connectivity index (χ3v) is 7.65. The first-order valence-electron chi connectivity index (χ1n) is 12.0. The molecule has 1 aromatic heterocycles. The lowest BCUT2D eigenvalue weighted by Gasteiger charge is -2.30. The summed E-state index contributed by atoms with van der Waals surface area (Å²) >= 11 is 1.79. The molecule has 34 heavy (non-hydrogen) atoms. The normalized spacial score (nSPS) is 19.8. The molecule has 1 aromatic carbocycles. The van der Waals surface area contributed by atoms with E-state index in [0.29, 0.717) is 29.3 Å². The summed E-state index contributed by atoms with van der Waals surface area (Å²) in [4.78, 5) is 21.2. The van der Waals surface area contributed by atoms with Crippen LogP contribution in [0.15, 0.2) is 34.2 Å². The van der Waals surface area contributed by atoms with Crippen molar-refractivity contribution in [1.82, 2.24) is 14.9 Å². The highest BCUT2D eigenvalue weighted by molar-refractivity contribution is 7.98. The molecule has 9 nitrogen and oxygen atoms in total. The molecule has 184 valence electrons. The van der Waals surface area contributed by atoms with Gasteiger partial charge in [0.05, 0.1) is 11.9 Å². The lowest BCUT2D eigenvalue weighted by Crippen LogP contribution is -2.33. The molecule has 4 rings (SSSR count). The van der Waals surface area contributed by atoms with Gasteiger partial charge < -0.3 is 26.8 Å². The van der Waals surface area contributed by atoms with Crippen molar-refractivity contribution in [2.75, 3.05) is 31.2 Å². The van der Waals surface area contributed by atoms with Crippen LogP contribution in [0.2, 0.25) is 0 Å². The molecular formula is C24H35N7O2S. The maximum Gasteiger partial charge on any atom is 0.350 e. The number of anilines is 2. The van der Waals surface area contributed by atoms with Crippen molar-refractivity contribution in [2.45, 2.75) is 50.3 Å². The summed E-state index contributed by atoms with van der Waals surface area (Å²) in [7, 11) is 0. The van der Waals surface area contributed by atoms with E-state index >= 15 is 0 Å². The van der Waals surface area contributed by atoms with Gasteiger partial charge in [-0.1, -0.05) is 6.07 Å². The van der Waals surface area contributed by atoms with E-state index in [9.17, 15) is 4.79 Å². The van der Waals surface area contributed by atoms with Crippen molar-refractivity contribution in [1.29, 1.82) is 0 Å². The summed E-state index contributed by atoms with van der Waals surface area (Å²) in [6.45, 7) is 4.69. The zero-order valence-electron chi connectivity index (χ0n) is 19.9. The average Bonchev–Trinajstić information content (AvgIpc) is 2.84. The first-order chi connectivity index (χ1) is 16.4. The van der Waals surface area contributed by atoms with Crippen LogP contribution in [0.4, 0.5) is 11.5 Å². The molecule has 0 saturated heterocycles. The second-order valence-electron chi connectivity index (χ2n) is 9.04. The van der Waals surface area contributed by atoms with Crippen LogP contribution in [0.5, 0.6) is 11.5 Å². The number of thioether (sulfide) groups is 1. The van der Waals surface area contributed by atoms with Crippen LogP contribution in [0.25, 0.3) is 0 Å². The van der Waals surface area contributed by atoms with Crippen LogP contribution in [-0.4, -0.2) is 41.4 Å². The minimum atomic E-state index is -0.228. The summed E-state index contributed by atoms with van der Waals surface area (Å²) in [5, 5.41) is 7.17. The number of benzene rings is 1. The highest BCUT2D eigenvalue weighted by atomic mass is 32.2. The van der Waals surface area contributed by atoms with Crippen molar-refractivity contribution in [3.63, 3.8) is 0 Å². The van der Waals surface area contributed by atoms with Crippen LogP contribution in [0.3, 0.4) is 0 Å². The van der Waals surface area contributed by atoms with E-state index in [-0.39, 0.29) is 17.7 Å². The van der Waals surface area contributed by atoms with E-state index in [4.69, 9.17) is 16.2 Å². The number of aromatic nitrogens is 2.